The van der Waals surface area contributed by atoms with Crippen LogP contribution < -0.4 is 4.74 Å². The van der Waals surface area contributed by atoms with Crippen LogP contribution >= 0.6 is 0 Å². The third-order valence-electron chi connectivity index (χ3n) is 1.96. The fourth-order valence-electron chi connectivity index (χ4n) is 1.24. The predicted octanol–water partition coefficient (Wildman–Crippen LogP) is 2.22. The molecule has 0 bridgehead atoms. The van der Waals surface area contributed by atoms with Crippen molar-refractivity contribution in [2.45, 2.75) is 0 Å². The fraction of sp³-hybridized carbons (Fsp3) is 0.100. The molecule has 0 radical (unpaired) electrons. The van der Waals surface area contributed by atoms with Crippen LogP contribution in [0.4, 0.5) is 4.39 Å². The first-order valence-electron chi connectivity index (χ1n) is 4.13. The van der Waals surface area contributed by atoms with Crippen molar-refractivity contribution in [1.29, 1.82) is 0 Å². The first-order valence-corrected chi connectivity index (χ1v) is 4.13. The lowest BCUT2D eigenvalue weighted by Gasteiger charge is -2.03. The largest absolute Gasteiger partial charge is 0.497 e. The Kier molecular flexibility index (Phi) is 2.18. The van der Waals surface area contributed by atoms with Crippen molar-refractivity contribution in [3.8, 4) is 17.0 Å². The standard InChI is InChI=1S/C10H9FN2O/c1-14-7-2-3-9(11)8(4-7)10-5-12-6-13-10/h2-6H,1H3,(H,12,13). The molecule has 0 atom stereocenters. The maximum absolute atomic E-state index is 13.4. The van der Waals surface area contributed by atoms with E-state index in [4.69, 9.17) is 4.74 Å². The highest BCUT2D eigenvalue weighted by Gasteiger charge is 2.07. The number of H-pyrrole nitrogens is 1. The number of aromatic amines is 1. The summed E-state index contributed by atoms with van der Waals surface area (Å²) in [7, 11) is 1.55. The molecule has 0 aliphatic carbocycles. The molecule has 0 aliphatic rings. The molecule has 1 heterocycles. The molecule has 0 unspecified atom stereocenters. The van der Waals surface area contributed by atoms with E-state index in [2.05, 4.69) is 9.97 Å². The molecule has 1 aromatic carbocycles. The van der Waals surface area contributed by atoms with Gasteiger partial charge < -0.3 is 9.72 Å². The van der Waals surface area contributed by atoms with E-state index in [9.17, 15) is 4.39 Å². The van der Waals surface area contributed by atoms with Gasteiger partial charge in [0.25, 0.3) is 0 Å². The highest BCUT2D eigenvalue weighted by Crippen LogP contribution is 2.24. The number of hydrogen-bond donors (Lipinski definition) is 1. The van der Waals surface area contributed by atoms with Crippen molar-refractivity contribution in [2.75, 3.05) is 7.11 Å². The Morgan fingerprint density at radius 3 is 2.93 bits per heavy atom. The second kappa shape index (κ2) is 3.49. The maximum atomic E-state index is 13.4. The van der Waals surface area contributed by atoms with Crippen LogP contribution in [0.3, 0.4) is 0 Å². The van der Waals surface area contributed by atoms with E-state index >= 15 is 0 Å². The highest BCUT2D eigenvalue weighted by atomic mass is 19.1. The van der Waals surface area contributed by atoms with Gasteiger partial charge in [-0.05, 0) is 18.2 Å². The Morgan fingerprint density at radius 1 is 1.43 bits per heavy atom. The van der Waals surface area contributed by atoms with Crippen LogP contribution in [0.1, 0.15) is 0 Å². The third kappa shape index (κ3) is 1.46. The smallest absolute Gasteiger partial charge is 0.132 e. The zero-order valence-electron chi connectivity index (χ0n) is 7.62. The summed E-state index contributed by atoms with van der Waals surface area (Å²) in [4.78, 5) is 6.67. The zero-order valence-corrected chi connectivity index (χ0v) is 7.62. The molecule has 1 aromatic heterocycles. The van der Waals surface area contributed by atoms with E-state index in [1.165, 1.54) is 12.4 Å². The Labute approximate surface area is 80.6 Å². The lowest BCUT2D eigenvalue weighted by molar-refractivity contribution is 0.414. The Balaban J connectivity index is 2.51. The topological polar surface area (TPSA) is 37.9 Å². The minimum atomic E-state index is -0.296. The molecule has 0 saturated carbocycles. The first kappa shape index (κ1) is 8.74. The number of aromatic nitrogens is 2. The summed E-state index contributed by atoms with van der Waals surface area (Å²) in [6.07, 6.45) is 3.08. The average Bonchev–Trinajstić information content (AvgIpc) is 2.71. The van der Waals surface area contributed by atoms with Gasteiger partial charge in [0, 0.05) is 5.56 Å². The lowest BCUT2D eigenvalue weighted by atomic mass is 10.1. The van der Waals surface area contributed by atoms with Crippen LogP contribution in [0, 0.1) is 5.82 Å². The van der Waals surface area contributed by atoms with Crippen molar-refractivity contribution in [3.05, 3.63) is 36.5 Å². The molecule has 14 heavy (non-hydrogen) atoms. The van der Waals surface area contributed by atoms with Crippen molar-refractivity contribution < 1.29 is 9.13 Å². The van der Waals surface area contributed by atoms with Gasteiger partial charge in [0.1, 0.15) is 11.6 Å². The summed E-state index contributed by atoms with van der Waals surface area (Å²) in [5.41, 5.74) is 1.10. The number of ether oxygens (including phenoxy) is 1. The second-order valence-electron chi connectivity index (χ2n) is 2.81. The lowest BCUT2D eigenvalue weighted by Crippen LogP contribution is -1.88. The van der Waals surface area contributed by atoms with Crippen LogP contribution in [0.15, 0.2) is 30.7 Å². The molecule has 2 aromatic rings. The molecule has 0 fully saturated rings. The van der Waals surface area contributed by atoms with Gasteiger partial charge >= 0.3 is 0 Å². The SMILES string of the molecule is COc1ccc(F)c(-c2cnc[nH]2)c1. The molecule has 72 valence electrons. The molecule has 0 aliphatic heterocycles. The number of methoxy groups -OCH3 is 1. The molecule has 0 spiro atoms. The van der Waals surface area contributed by atoms with Crippen molar-refractivity contribution in [3.63, 3.8) is 0 Å². The number of halogens is 1. The molecule has 3 nitrogen and oxygen atoms in total. The monoisotopic (exact) mass is 192 g/mol. The first-order chi connectivity index (χ1) is 6.81. The van der Waals surface area contributed by atoms with Crippen LogP contribution in [0.25, 0.3) is 11.3 Å². The number of nitrogens with one attached hydrogen (secondary N) is 1. The maximum Gasteiger partial charge on any atom is 0.132 e. The van der Waals surface area contributed by atoms with Gasteiger partial charge in [0.15, 0.2) is 0 Å². The van der Waals surface area contributed by atoms with Crippen molar-refractivity contribution >= 4 is 0 Å². The summed E-state index contributed by atoms with van der Waals surface area (Å²) in [5, 5.41) is 0. The number of imidazole rings is 1. The summed E-state index contributed by atoms with van der Waals surface area (Å²) in [6, 6.07) is 4.58. The highest BCUT2D eigenvalue weighted by molar-refractivity contribution is 5.61. The molecular formula is C10H9FN2O. The van der Waals surface area contributed by atoms with Gasteiger partial charge in [-0.15, -0.1) is 0 Å². The Morgan fingerprint density at radius 2 is 2.29 bits per heavy atom. The number of rotatable bonds is 2. The van der Waals surface area contributed by atoms with Gasteiger partial charge in [-0.2, -0.15) is 0 Å². The van der Waals surface area contributed by atoms with Crippen molar-refractivity contribution in [1.82, 2.24) is 9.97 Å². The summed E-state index contributed by atoms with van der Waals surface area (Å²) < 4.78 is 18.4. The molecule has 1 N–H and O–H groups in total. The Hall–Kier alpha value is -1.84. The van der Waals surface area contributed by atoms with E-state index in [0.717, 1.165) is 0 Å². The van der Waals surface area contributed by atoms with E-state index in [-0.39, 0.29) is 5.82 Å². The van der Waals surface area contributed by atoms with Crippen molar-refractivity contribution in [2.24, 2.45) is 0 Å². The van der Waals surface area contributed by atoms with E-state index in [1.807, 2.05) is 0 Å². The number of benzene rings is 1. The van der Waals surface area contributed by atoms with E-state index < -0.39 is 0 Å². The zero-order chi connectivity index (χ0) is 9.97. The summed E-state index contributed by atoms with van der Waals surface area (Å²) in [6.45, 7) is 0. The van der Waals surface area contributed by atoms with E-state index in [0.29, 0.717) is 17.0 Å². The van der Waals surface area contributed by atoms with Crippen LogP contribution in [0.2, 0.25) is 0 Å². The molecular weight excluding hydrogens is 183 g/mol. The van der Waals surface area contributed by atoms with Gasteiger partial charge in [0.2, 0.25) is 0 Å². The minimum Gasteiger partial charge on any atom is -0.497 e. The minimum absolute atomic E-state index is 0.296. The summed E-state index contributed by atoms with van der Waals surface area (Å²) in [5.74, 6) is 0.325. The van der Waals surface area contributed by atoms with E-state index in [1.54, 1.807) is 25.4 Å². The van der Waals surface area contributed by atoms with Crippen LogP contribution in [0.5, 0.6) is 5.75 Å². The van der Waals surface area contributed by atoms with Crippen LogP contribution in [-0.4, -0.2) is 17.1 Å². The number of nitrogens with zero attached hydrogens (tertiary/aromatic N) is 1. The van der Waals surface area contributed by atoms with Gasteiger partial charge in [-0.25, -0.2) is 9.37 Å². The third-order valence-corrected chi connectivity index (χ3v) is 1.96. The summed E-state index contributed by atoms with van der Waals surface area (Å²) >= 11 is 0. The molecule has 0 saturated heterocycles. The fourth-order valence-corrected chi connectivity index (χ4v) is 1.24. The number of hydrogen-bond acceptors (Lipinski definition) is 2. The Bertz CT molecular complexity index is 426. The molecule has 0 amide bonds. The predicted molar refractivity (Wildman–Crippen MR) is 50.5 cm³/mol. The van der Waals surface area contributed by atoms with Gasteiger partial charge in [-0.3, -0.25) is 0 Å². The quantitative estimate of drug-likeness (QED) is 0.792. The second-order valence-corrected chi connectivity index (χ2v) is 2.81. The molecule has 2 rings (SSSR count). The van der Waals surface area contributed by atoms with Crippen LogP contribution in [-0.2, 0) is 0 Å². The van der Waals surface area contributed by atoms with Gasteiger partial charge in [-0.1, -0.05) is 0 Å². The van der Waals surface area contributed by atoms with Gasteiger partial charge in [0.05, 0.1) is 25.3 Å². The molecule has 4 heteroatoms. The normalized spacial score (nSPS) is 10.1. The average molecular weight is 192 g/mol.